The summed E-state index contributed by atoms with van der Waals surface area (Å²) in [5, 5.41) is 16.8. The number of hydrogen-bond donors (Lipinski definition) is 2. The molecular weight excluding hydrogens is 282 g/mol. The first-order valence-corrected chi connectivity index (χ1v) is 6.80. The number of carbonyl (C=O) groups is 1. The van der Waals surface area contributed by atoms with Gasteiger partial charge in [-0.3, -0.25) is 14.9 Å². The lowest BCUT2D eigenvalue weighted by Crippen LogP contribution is -2.18. The largest absolute Gasteiger partial charge is 0.326 e. The molecule has 1 amide bonds. The molecule has 7 heteroatoms. The van der Waals surface area contributed by atoms with Crippen LogP contribution in [0, 0.1) is 23.0 Å². The Labute approximate surface area is 121 Å². The number of nitro benzene ring substituents is 1. The van der Waals surface area contributed by atoms with Crippen molar-refractivity contribution in [3.05, 3.63) is 32.8 Å². The highest BCUT2D eigenvalue weighted by molar-refractivity contribution is 6.33. The fourth-order valence-corrected chi connectivity index (χ4v) is 2.53. The molecule has 0 aromatic heterocycles. The lowest BCUT2D eigenvalue weighted by atomic mass is 10.0. The van der Waals surface area contributed by atoms with Gasteiger partial charge in [0, 0.05) is 18.2 Å². The third kappa shape index (κ3) is 3.46. The van der Waals surface area contributed by atoms with Gasteiger partial charge in [-0.2, -0.15) is 0 Å². The summed E-state index contributed by atoms with van der Waals surface area (Å²) in [6.45, 7) is 3.50. The second kappa shape index (κ2) is 6.19. The molecule has 1 aliphatic heterocycles. The first-order chi connectivity index (χ1) is 9.47. The van der Waals surface area contributed by atoms with E-state index >= 15 is 0 Å². The van der Waals surface area contributed by atoms with Crippen LogP contribution in [0.2, 0.25) is 5.02 Å². The lowest BCUT2D eigenvalue weighted by molar-refractivity contribution is -0.384. The van der Waals surface area contributed by atoms with Crippen molar-refractivity contribution < 1.29 is 9.72 Å². The number of nitrogens with zero attached hydrogens (tertiary/aromatic N) is 1. The number of nitrogens with one attached hydrogen (secondary N) is 2. The van der Waals surface area contributed by atoms with E-state index in [0.717, 1.165) is 19.5 Å². The van der Waals surface area contributed by atoms with Gasteiger partial charge in [-0.25, -0.2) is 0 Å². The molecule has 6 nitrogen and oxygen atoms in total. The molecule has 0 saturated carbocycles. The fourth-order valence-electron chi connectivity index (χ4n) is 2.29. The molecule has 1 heterocycles. The van der Waals surface area contributed by atoms with Gasteiger partial charge in [0.2, 0.25) is 5.91 Å². The van der Waals surface area contributed by atoms with Gasteiger partial charge in [0.05, 0.1) is 4.92 Å². The zero-order valence-electron chi connectivity index (χ0n) is 11.1. The maximum absolute atomic E-state index is 11.9. The Morgan fingerprint density at radius 2 is 2.35 bits per heavy atom. The van der Waals surface area contributed by atoms with Crippen LogP contribution in [0.3, 0.4) is 0 Å². The Bertz CT molecular complexity index is 542. The molecule has 0 aliphatic carbocycles. The highest BCUT2D eigenvalue weighted by Gasteiger charge is 2.20. The summed E-state index contributed by atoms with van der Waals surface area (Å²) in [7, 11) is 0. The zero-order valence-corrected chi connectivity index (χ0v) is 11.9. The Morgan fingerprint density at radius 1 is 1.60 bits per heavy atom. The second-order valence-corrected chi connectivity index (χ2v) is 5.39. The van der Waals surface area contributed by atoms with Crippen molar-refractivity contribution in [3.8, 4) is 0 Å². The van der Waals surface area contributed by atoms with E-state index in [1.165, 1.54) is 12.1 Å². The minimum absolute atomic E-state index is 0.0263. The maximum atomic E-state index is 11.9. The number of anilines is 1. The van der Waals surface area contributed by atoms with E-state index in [-0.39, 0.29) is 16.6 Å². The number of benzene rings is 1. The highest BCUT2D eigenvalue weighted by atomic mass is 35.5. The molecule has 0 radical (unpaired) electrons. The van der Waals surface area contributed by atoms with Crippen LogP contribution in [0.5, 0.6) is 0 Å². The van der Waals surface area contributed by atoms with Gasteiger partial charge in [-0.05, 0) is 44.0 Å². The van der Waals surface area contributed by atoms with Crippen LogP contribution in [0.15, 0.2) is 12.1 Å². The Balaban J connectivity index is 2.07. The van der Waals surface area contributed by atoms with E-state index < -0.39 is 4.92 Å². The molecule has 1 saturated heterocycles. The molecule has 1 aromatic rings. The summed E-state index contributed by atoms with van der Waals surface area (Å²) >= 11 is 5.85. The van der Waals surface area contributed by atoms with Crippen molar-refractivity contribution in [2.75, 3.05) is 18.4 Å². The first-order valence-electron chi connectivity index (χ1n) is 6.42. The quantitative estimate of drug-likeness (QED) is 0.660. The van der Waals surface area contributed by atoms with Gasteiger partial charge in [0.1, 0.15) is 5.02 Å². The monoisotopic (exact) mass is 297 g/mol. The SMILES string of the molecule is Cc1cc([N+](=O)[O-])c(Cl)cc1NC(=O)CC1CCNC1. The zero-order chi connectivity index (χ0) is 14.7. The van der Waals surface area contributed by atoms with E-state index in [1.54, 1.807) is 6.92 Å². The summed E-state index contributed by atoms with van der Waals surface area (Å²) in [4.78, 5) is 22.2. The summed E-state index contributed by atoms with van der Waals surface area (Å²) < 4.78 is 0. The molecule has 1 atom stereocenters. The maximum Gasteiger partial charge on any atom is 0.288 e. The van der Waals surface area contributed by atoms with Crippen molar-refractivity contribution in [2.24, 2.45) is 5.92 Å². The van der Waals surface area contributed by atoms with Crippen molar-refractivity contribution in [2.45, 2.75) is 19.8 Å². The van der Waals surface area contributed by atoms with E-state index in [1.807, 2.05) is 0 Å². The van der Waals surface area contributed by atoms with Gasteiger partial charge in [-0.15, -0.1) is 0 Å². The van der Waals surface area contributed by atoms with Gasteiger partial charge < -0.3 is 10.6 Å². The first kappa shape index (κ1) is 14.7. The van der Waals surface area contributed by atoms with Crippen molar-refractivity contribution in [1.82, 2.24) is 5.32 Å². The fraction of sp³-hybridized carbons (Fsp3) is 0.462. The highest BCUT2D eigenvalue weighted by Crippen LogP contribution is 2.30. The Morgan fingerprint density at radius 3 is 2.95 bits per heavy atom. The van der Waals surface area contributed by atoms with E-state index in [2.05, 4.69) is 10.6 Å². The molecule has 1 unspecified atom stereocenters. The number of amides is 1. The molecule has 1 aliphatic rings. The third-order valence-electron chi connectivity index (χ3n) is 3.40. The van der Waals surface area contributed by atoms with E-state index in [0.29, 0.717) is 23.6 Å². The molecular formula is C13H16ClN3O3. The van der Waals surface area contributed by atoms with Crippen molar-refractivity contribution in [1.29, 1.82) is 0 Å². The van der Waals surface area contributed by atoms with Crippen LogP contribution in [-0.2, 0) is 4.79 Å². The van der Waals surface area contributed by atoms with Gasteiger partial charge in [-0.1, -0.05) is 11.6 Å². The molecule has 20 heavy (non-hydrogen) atoms. The topological polar surface area (TPSA) is 84.3 Å². The number of aryl methyl sites for hydroxylation is 1. The molecule has 2 N–H and O–H groups in total. The molecule has 2 rings (SSSR count). The van der Waals surface area contributed by atoms with E-state index in [4.69, 9.17) is 11.6 Å². The summed E-state index contributed by atoms with van der Waals surface area (Å²) in [5.74, 6) is 0.260. The molecule has 108 valence electrons. The summed E-state index contributed by atoms with van der Waals surface area (Å²) in [5.41, 5.74) is 0.998. The number of rotatable bonds is 4. The van der Waals surface area contributed by atoms with Gasteiger partial charge in [0.15, 0.2) is 0 Å². The van der Waals surface area contributed by atoms with E-state index in [9.17, 15) is 14.9 Å². The predicted molar refractivity (Wildman–Crippen MR) is 77.1 cm³/mol. The van der Waals surface area contributed by atoms with Crippen LogP contribution in [-0.4, -0.2) is 23.9 Å². The normalized spacial score (nSPS) is 18.0. The average molecular weight is 298 g/mol. The third-order valence-corrected chi connectivity index (χ3v) is 3.70. The summed E-state index contributed by atoms with van der Waals surface area (Å²) in [6, 6.07) is 2.80. The minimum atomic E-state index is -0.537. The number of halogens is 1. The molecule has 1 fully saturated rings. The standard InChI is InChI=1S/C13H16ClN3O3/c1-8-4-12(17(19)20)10(14)6-11(8)16-13(18)5-9-2-3-15-7-9/h4,6,9,15H,2-3,5,7H2,1H3,(H,16,18). The number of carbonyl (C=O) groups excluding carboxylic acids is 1. The lowest BCUT2D eigenvalue weighted by Gasteiger charge is -2.11. The second-order valence-electron chi connectivity index (χ2n) is 4.99. The molecule has 0 bridgehead atoms. The smallest absolute Gasteiger partial charge is 0.288 e. The molecule has 0 spiro atoms. The van der Waals surface area contributed by atoms with Crippen molar-refractivity contribution >= 4 is 28.9 Å². The van der Waals surface area contributed by atoms with Crippen LogP contribution >= 0.6 is 11.6 Å². The van der Waals surface area contributed by atoms with Crippen molar-refractivity contribution in [3.63, 3.8) is 0 Å². The summed E-state index contributed by atoms with van der Waals surface area (Å²) in [6.07, 6.45) is 1.44. The van der Waals surface area contributed by atoms with Crippen LogP contribution in [0.4, 0.5) is 11.4 Å². The number of nitro groups is 1. The number of hydrogen-bond acceptors (Lipinski definition) is 4. The minimum Gasteiger partial charge on any atom is -0.326 e. The van der Waals surface area contributed by atoms with Crippen LogP contribution < -0.4 is 10.6 Å². The Kier molecular flexibility index (Phi) is 4.57. The van der Waals surface area contributed by atoms with Gasteiger partial charge >= 0.3 is 0 Å². The average Bonchev–Trinajstić information content (AvgIpc) is 2.85. The Hall–Kier alpha value is -1.66. The van der Waals surface area contributed by atoms with Crippen LogP contribution in [0.25, 0.3) is 0 Å². The van der Waals surface area contributed by atoms with Crippen LogP contribution in [0.1, 0.15) is 18.4 Å². The predicted octanol–water partition coefficient (Wildman–Crippen LogP) is 2.49. The van der Waals surface area contributed by atoms with Gasteiger partial charge in [0.25, 0.3) is 5.69 Å². The molecule has 1 aromatic carbocycles.